The number of halogens is 2. The van der Waals surface area contributed by atoms with E-state index in [0.717, 1.165) is 0 Å². The molecule has 20 heavy (non-hydrogen) atoms. The lowest BCUT2D eigenvalue weighted by Gasteiger charge is -2.06. The number of hydrogen-bond acceptors (Lipinski definition) is 3. The van der Waals surface area contributed by atoms with Gasteiger partial charge in [-0.3, -0.25) is 4.79 Å². The summed E-state index contributed by atoms with van der Waals surface area (Å²) in [5, 5.41) is 11.1. The van der Waals surface area contributed by atoms with E-state index < -0.39 is 0 Å². The monoisotopic (exact) mass is 306 g/mol. The first kappa shape index (κ1) is 13.0. The molecule has 0 saturated heterocycles. The van der Waals surface area contributed by atoms with Crippen LogP contribution in [0.1, 0.15) is 0 Å². The highest BCUT2D eigenvalue weighted by Gasteiger charge is 2.11. The fourth-order valence-electron chi connectivity index (χ4n) is 1.97. The molecule has 3 rings (SSSR count). The molecule has 3 nitrogen and oxygen atoms in total. The van der Waals surface area contributed by atoms with E-state index in [1.165, 1.54) is 18.2 Å². The maximum absolute atomic E-state index is 12.1. The Kier molecular flexibility index (Phi) is 3.16. The van der Waals surface area contributed by atoms with Crippen LogP contribution >= 0.6 is 23.2 Å². The molecule has 0 saturated carbocycles. The van der Waals surface area contributed by atoms with Crippen molar-refractivity contribution in [3.05, 3.63) is 62.7 Å². The summed E-state index contributed by atoms with van der Waals surface area (Å²) < 4.78 is 5.64. The molecule has 0 spiro atoms. The molecule has 0 atom stereocenters. The van der Waals surface area contributed by atoms with E-state index in [9.17, 15) is 9.90 Å². The van der Waals surface area contributed by atoms with E-state index in [1.807, 2.05) is 0 Å². The molecule has 0 bridgehead atoms. The summed E-state index contributed by atoms with van der Waals surface area (Å²) in [5.41, 5.74) is 0.533. The first-order valence-electron chi connectivity index (χ1n) is 5.77. The quantitative estimate of drug-likeness (QED) is 0.721. The van der Waals surface area contributed by atoms with E-state index in [-0.39, 0.29) is 16.9 Å². The highest BCUT2D eigenvalue weighted by atomic mass is 35.5. The van der Waals surface area contributed by atoms with E-state index >= 15 is 0 Å². The van der Waals surface area contributed by atoms with Gasteiger partial charge in [-0.15, -0.1) is 0 Å². The fourth-order valence-corrected chi connectivity index (χ4v) is 2.31. The van der Waals surface area contributed by atoms with Crippen molar-refractivity contribution in [2.75, 3.05) is 0 Å². The molecule has 1 N–H and O–H groups in total. The van der Waals surface area contributed by atoms with Gasteiger partial charge in [-0.1, -0.05) is 23.2 Å². The van der Waals surface area contributed by atoms with E-state index in [2.05, 4.69) is 0 Å². The topological polar surface area (TPSA) is 50.4 Å². The Morgan fingerprint density at radius 2 is 1.65 bits per heavy atom. The zero-order valence-corrected chi connectivity index (χ0v) is 11.6. The van der Waals surface area contributed by atoms with Gasteiger partial charge >= 0.3 is 0 Å². The lowest BCUT2D eigenvalue weighted by Crippen LogP contribution is -2.00. The Morgan fingerprint density at radius 3 is 2.45 bits per heavy atom. The Labute approximate surface area is 124 Å². The summed E-state index contributed by atoms with van der Waals surface area (Å²) in [7, 11) is 0. The summed E-state index contributed by atoms with van der Waals surface area (Å²) in [4.78, 5) is 12.1. The molecule has 0 unspecified atom stereocenters. The van der Waals surface area contributed by atoms with Crippen LogP contribution in [0.15, 0.2) is 51.7 Å². The number of aromatic hydroxyl groups is 1. The molecule has 1 heterocycles. The van der Waals surface area contributed by atoms with Crippen molar-refractivity contribution < 1.29 is 9.52 Å². The zero-order valence-electron chi connectivity index (χ0n) is 10.1. The fraction of sp³-hybridized carbons (Fsp3) is 0. The molecule has 0 aliphatic carbocycles. The van der Waals surface area contributed by atoms with Crippen LogP contribution in [0.4, 0.5) is 0 Å². The minimum absolute atomic E-state index is 0.00846. The van der Waals surface area contributed by atoms with Crippen LogP contribution in [0, 0.1) is 0 Å². The van der Waals surface area contributed by atoms with Gasteiger partial charge in [0.1, 0.15) is 17.1 Å². The van der Waals surface area contributed by atoms with Crippen molar-refractivity contribution in [2.45, 2.75) is 0 Å². The Bertz CT molecular complexity index is 869. The average Bonchev–Trinajstić information content (AvgIpc) is 2.42. The SMILES string of the molecule is O=c1cc(-c2cc(Cl)ccc2O)oc2ccc(Cl)cc12. The van der Waals surface area contributed by atoms with Crippen LogP contribution in [0.5, 0.6) is 5.75 Å². The van der Waals surface area contributed by atoms with E-state index in [0.29, 0.717) is 26.6 Å². The number of phenolic OH excluding ortho intramolecular Hbond substituents is 1. The van der Waals surface area contributed by atoms with Crippen molar-refractivity contribution in [2.24, 2.45) is 0 Å². The Balaban J connectivity index is 2.30. The van der Waals surface area contributed by atoms with Crippen molar-refractivity contribution in [1.29, 1.82) is 0 Å². The molecule has 0 aliphatic heterocycles. The largest absolute Gasteiger partial charge is 0.507 e. The molecule has 0 aliphatic rings. The number of benzene rings is 2. The van der Waals surface area contributed by atoms with Gasteiger partial charge in [0.2, 0.25) is 0 Å². The first-order valence-corrected chi connectivity index (χ1v) is 6.52. The van der Waals surface area contributed by atoms with Gasteiger partial charge in [0.05, 0.1) is 10.9 Å². The molecule has 0 fully saturated rings. The Hall–Kier alpha value is -1.97. The van der Waals surface area contributed by atoms with Gasteiger partial charge in [-0.05, 0) is 36.4 Å². The third-order valence-electron chi connectivity index (χ3n) is 2.91. The summed E-state index contributed by atoms with van der Waals surface area (Å²) in [6.45, 7) is 0. The van der Waals surface area contributed by atoms with E-state index in [1.54, 1.807) is 24.3 Å². The third kappa shape index (κ3) is 2.26. The first-order chi connectivity index (χ1) is 9.54. The molecule has 0 radical (unpaired) electrons. The second kappa shape index (κ2) is 4.85. The number of fused-ring (bicyclic) bond motifs is 1. The van der Waals surface area contributed by atoms with Gasteiger partial charge in [-0.2, -0.15) is 0 Å². The van der Waals surface area contributed by atoms with Gasteiger partial charge in [-0.25, -0.2) is 0 Å². The van der Waals surface area contributed by atoms with Crippen LogP contribution in [-0.2, 0) is 0 Å². The van der Waals surface area contributed by atoms with Crippen molar-refractivity contribution in [3.63, 3.8) is 0 Å². The molecule has 3 aromatic rings. The van der Waals surface area contributed by atoms with Crippen molar-refractivity contribution >= 4 is 34.2 Å². The molecule has 0 amide bonds. The molecular formula is C15H8Cl2O3. The summed E-state index contributed by atoms with van der Waals surface area (Å²) in [6, 6.07) is 10.6. The van der Waals surface area contributed by atoms with Crippen LogP contribution in [0.25, 0.3) is 22.3 Å². The number of phenols is 1. The minimum Gasteiger partial charge on any atom is -0.507 e. The maximum Gasteiger partial charge on any atom is 0.193 e. The zero-order chi connectivity index (χ0) is 14.3. The predicted octanol–water partition coefficient (Wildman–Crippen LogP) is 4.47. The van der Waals surface area contributed by atoms with Crippen LogP contribution in [0.2, 0.25) is 10.0 Å². The van der Waals surface area contributed by atoms with Crippen molar-refractivity contribution in [1.82, 2.24) is 0 Å². The van der Waals surface area contributed by atoms with Gasteiger partial charge in [0, 0.05) is 16.1 Å². The summed E-state index contributed by atoms with van der Waals surface area (Å²) in [6.07, 6.45) is 0. The Morgan fingerprint density at radius 1 is 0.950 bits per heavy atom. The lowest BCUT2D eigenvalue weighted by atomic mass is 10.1. The normalized spacial score (nSPS) is 10.9. The summed E-state index contributed by atoms with van der Waals surface area (Å²) >= 11 is 11.8. The van der Waals surface area contributed by atoms with E-state index in [4.69, 9.17) is 27.6 Å². The molecule has 5 heteroatoms. The van der Waals surface area contributed by atoms with Crippen LogP contribution in [0.3, 0.4) is 0 Å². The minimum atomic E-state index is -0.233. The lowest BCUT2D eigenvalue weighted by molar-refractivity contribution is 0.474. The molecule has 1 aromatic heterocycles. The second-order valence-electron chi connectivity index (χ2n) is 4.28. The standard InChI is InChI=1S/C15H8Cl2O3/c16-8-1-3-12(18)10(5-8)15-7-13(19)11-6-9(17)2-4-14(11)20-15/h1-7,18H. The molecular weight excluding hydrogens is 299 g/mol. The summed E-state index contributed by atoms with van der Waals surface area (Å²) in [5.74, 6) is 0.246. The smallest absolute Gasteiger partial charge is 0.193 e. The van der Waals surface area contributed by atoms with Crippen LogP contribution < -0.4 is 5.43 Å². The predicted molar refractivity (Wildman–Crippen MR) is 79.6 cm³/mol. The second-order valence-corrected chi connectivity index (χ2v) is 5.15. The average molecular weight is 307 g/mol. The molecule has 100 valence electrons. The highest BCUT2D eigenvalue weighted by molar-refractivity contribution is 6.31. The molecule has 2 aromatic carbocycles. The van der Waals surface area contributed by atoms with Crippen LogP contribution in [-0.4, -0.2) is 5.11 Å². The highest BCUT2D eigenvalue weighted by Crippen LogP contribution is 2.32. The number of rotatable bonds is 1. The number of hydrogen-bond donors (Lipinski definition) is 1. The van der Waals surface area contributed by atoms with Gasteiger partial charge in [0.15, 0.2) is 5.43 Å². The van der Waals surface area contributed by atoms with Gasteiger partial charge in [0.25, 0.3) is 0 Å². The third-order valence-corrected chi connectivity index (χ3v) is 3.38. The van der Waals surface area contributed by atoms with Crippen molar-refractivity contribution in [3.8, 4) is 17.1 Å². The maximum atomic E-state index is 12.1. The van der Waals surface area contributed by atoms with Gasteiger partial charge < -0.3 is 9.52 Å².